The van der Waals surface area contributed by atoms with Gasteiger partial charge in [-0.3, -0.25) is 4.79 Å². The predicted molar refractivity (Wildman–Crippen MR) is 68.3 cm³/mol. The van der Waals surface area contributed by atoms with Gasteiger partial charge in [0, 0.05) is 18.7 Å². The molecule has 3 N–H and O–H groups in total. The first-order chi connectivity index (χ1) is 9.02. The van der Waals surface area contributed by atoms with Crippen molar-refractivity contribution >= 4 is 17.5 Å². The van der Waals surface area contributed by atoms with E-state index in [4.69, 9.17) is 16.1 Å². The van der Waals surface area contributed by atoms with E-state index in [0.29, 0.717) is 6.54 Å². The number of rotatable bonds is 3. The fraction of sp³-hybridized carbons (Fsp3) is 0.167. The summed E-state index contributed by atoms with van der Waals surface area (Å²) in [5.74, 6) is -0.658. The molecule has 0 radical (unpaired) electrons. The maximum absolute atomic E-state index is 11.5. The second kappa shape index (κ2) is 5.19. The zero-order chi connectivity index (χ0) is 14.0. The van der Waals surface area contributed by atoms with E-state index < -0.39 is 0 Å². The van der Waals surface area contributed by atoms with Crippen molar-refractivity contribution in [1.82, 2.24) is 10.5 Å². The van der Waals surface area contributed by atoms with Crippen LogP contribution in [-0.2, 0) is 0 Å². The second-order valence-electron chi connectivity index (χ2n) is 3.76. The SMILES string of the molecule is CCNC(=O)c1cc(-c2cc(Cl)c(O)cc2O)on1. The van der Waals surface area contributed by atoms with Gasteiger partial charge in [0.1, 0.15) is 11.5 Å². The van der Waals surface area contributed by atoms with Gasteiger partial charge in [0.2, 0.25) is 0 Å². The lowest BCUT2D eigenvalue weighted by atomic mass is 10.1. The Morgan fingerprint density at radius 1 is 1.37 bits per heavy atom. The molecule has 0 atom stereocenters. The zero-order valence-corrected chi connectivity index (χ0v) is 10.7. The molecule has 0 aliphatic carbocycles. The van der Waals surface area contributed by atoms with E-state index in [1.807, 2.05) is 0 Å². The van der Waals surface area contributed by atoms with E-state index in [1.54, 1.807) is 6.92 Å². The summed E-state index contributed by atoms with van der Waals surface area (Å²) in [4.78, 5) is 11.5. The van der Waals surface area contributed by atoms with Crippen LogP contribution < -0.4 is 5.32 Å². The number of carbonyl (C=O) groups excluding carboxylic acids is 1. The Kier molecular flexibility index (Phi) is 3.62. The van der Waals surface area contributed by atoms with Gasteiger partial charge in [0.15, 0.2) is 11.5 Å². The Labute approximate surface area is 113 Å². The molecule has 0 fully saturated rings. The first kappa shape index (κ1) is 13.2. The molecular weight excluding hydrogens is 272 g/mol. The van der Waals surface area contributed by atoms with Crippen LogP contribution in [0, 0.1) is 0 Å². The number of nitrogens with zero attached hydrogens (tertiary/aromatic N) is 1. The second-order valence-corrected chi connectivity index (χ2v) is 4.16. The molecule has 0 aliphatic rings. The Hall–Kier alpha value is -2.21. The van der Waals surface area contributed by atoms with Gasteiger partial charge >= 0.3 is 0 Å². The molecule has 0 unspecified atom stereocenters. The van der Waals surface area contributed by atoms with E-state index >= 15 is 0 Å². The third-order valence-corrected chi connectivity index (χ3v) is 2.71. The molecule has 1 amide bonds. The lowest BCUT2D eigenvalue weighted by molar-refractivity contribution is 0.0947. The first-order valence-electron chi connectivity index (χ1n) is 5.49. The van der Waals surface area contributed by atoms with Crippen molar-refractivity contribution < 1.29 is 19.5 Å². The summed E-state index contributed by atoms with van der Waals surface area (Å²) in [5, 5.41) is 25.3. The third kappa shape index (κ3) is 2.63. The monoisotopic (exact) mass is 282 g/mol. The van der Waals surface area contributed by atoms with Crippen LogP contribution in [0.1, 0.15) is 17.4 Å². The first-order valence-corrected chi connectivity index (χ1v) is 5.87. The van der Waals surface area contributed by atoms with E-state index in [-0.39, 0.29) is 39.4 Å². The molecule has 0 bridgehead atoms. The Bertz CT molecular complexity index is 624. The molecule has 2 aromatic rings. The minimum absolute atomic E-state index is 0.0590. The molecule has 1 heterocycles. The summed E-state index contributed by atoms with van der Waals surface area (Å²) in [5.41, 5.74) is 0.339. The average molecular weight is 283 g/mol. The number of hydrogen-bond acceptors (Lipinski definition) is 5. The summed E-state index contributed by atoms with van der Waals surface area (Å²) in [6.07, 6.45) is 0. The predicted octanol–water partition coefficient (Wildman–Crippen LogP) is 2.16. The molecule has 1 aromatic carbocycles. The minimum atomic E-state index is -0.373. The quantitative estimate of drug-likeness (QED) is 0.802. The van der Waals surface area contributed by atoms with Crippen LogP contribution >= 0.6 is 11.6 Å². The van der Waals surface area contributed by atoms with Gasteiger partial charge < -0.3 is 20.1 Å². The number of carbonyl (C=O) groups is 1. The fourth-order valence-electron chi connectivity index (χ4n) is 1.51. The van der Waals surface area contributed by atoms with Crippen LogP contribution in [-0.4, -0.2) is 27.8 Å². The van der Waals surface area contributed by atoms with Gasteiger partial charge in [-0.25, -0.2) is 0 Å². The third-order valence-electron chi connectivity index (χ3n) is 2.41. The van der Waals surface area contributed by atoms with Gasteiger partial charge in [-0.2, -0.15) is 0 Å². The zero-order valence-electron chi connectivity index (χ0n) is 9.98. The van der Waals surface area contributed by atoms with Crippen LogP contribution in [0.2, 0.25) is 5.02 Å². The van der Waals surface area contributed by atoms with Gasteiger partial charge in [-0.1, -0.05) is 16.8 Å². The molecular formula is C12H11ClN2O4. The molecule has 1 aromatic heterocycles. The summed E-state index contributed by atoms with van der Waals surface area (Å²) >= 11 is 5.75. The Balaban J connectivity index is 2.38. The highest BCUT2D eigenvalue weighted by molar-refractivity contribution is 6.32. The fourth-order valence-corrected chi connectivity index (χ4v) is 1.67. The number of benzene rings is 1. The number of aromatic hydroxyl groups is 2. The van der Waals surface area contributed by atoms with Gasteiger partial charge in [0.05, 0.1) is 10.6 Å². The number of halogens is 1. The maximum Gasteiger partial charge on any atom is 0.273 e. The lowest BCUT2D eigenvalue weighted by Crippen LogP contribution is -2.22. The molecule has 0 aliphatic heterocycles. The van der Waals surface area contributed by atoms with Crippen molar-refractivity contribution in [3.8, 4) is 22.8 Å². The van der Waals surface area contributed by atoms with E-state index in [9.17, 15) is 15.0 Å². The number of nitrogens with one attached hydrogen (secondary N) is 1. The molecule has 6 nitrogen and oxygen atoms in total. The molecule has 2 rings (SSSR count). The summed E-state index contributed by atoms with van der Waals surface area (Å²) < 4.78 is 4.98. The standard InChI is InChI=1S/C12H11ClN2O4/c1-2-14-12(18)8-4-11(19-15-8)6-3-7(13)10(17)5-9(6)16/h3-5,16-17H,2H2,1H3,(H,14,18). The van der Waals surface area contributed by atoms with Crippen LogP contribution in [0.25, 0.3) is 11.3 Å². The number of aromatic nitrogens is 1. The van der Waals surface area contributed by atoms with Crippen LogP contribution in [0.5, 0.6) is 11.5 Å². The minimum Gasteiger partial charge on any atom is -0.507 e. The van der Waals surface area contributed by atoms with E-state index in [0.717, 1.165) is 6.07 Å². The lowest BCUT2D eigenvalue weighted by Gasteiger charge is -2.02. The molecule has 19 heavy (non-hydrogen) atoms. The van der Waals surface area contributed by atoms with E-state index in [2.05, 4.69) is 10.5 Å². The normalized spacial score (nSPS) is 10.4. The van der Waals surface area contributed by atoms with Crippen molar-refractivity contribution in [2.24, 2.45) is 0 Å². The van der Waals surface area contributed by atoms with Crippen LogP contribution in [0.15, 0.2) is 22.7 Å². The van der Waals surface area contributed by atoms with Crippen LogP contribution in [0.4, 0.5) is 0 Å². The van der Waals surface area contributed by atoms with Gasteiger partial charge in [-0.15, -0.1) is 0 Å². The highest BCUT2D eigenvalue weighted by Gasteiger charge is 2.17. The number of hydrogen-bond donors (Lipinski definition) is 3. The van der Waals surface area contributed by atoms with Crippen molar-refractivity contribution in [1.29, 1.82) is 0 Å². The van der Waals surface area contributed by atoms with Crippen molar-refractivity contribution in [2.45, 2.75) is 6.92 Å². The summed E-state index contributed by atoms with van der Waals surface area (Å²) in [7, 11) is 0. The van der Waals surface area contributed by atoms with Crippen molar-refractivity contribution in [2.75, 3.05) is 6.54 Å². The number of amides is 1. The highest BCUT2D eigenvalue weighted by Crippen LogP contribution is 2.37. The number of phenols is 2. The number of phenolic OH excluding ortho intramolecular Hbond substituents is 2. The summed E-state index contributed by atoms with van der Waals surface area (Å²) in [6, 6.07) is 3.80. The highest BCUT2D eigenvalue weighted by atomic mass is 35.5. The largest absolute Gasteiger partial charge is 0.507 e. The molecule has 7 heteroatoms. The van der Waals surface area contributed by atoms with Crippen LogP contribution in [0.3, 0.4) is 0 Å². The van der Waals surface area contributed by atoms with Gasteiger partial charge in [-0.05, 0) is 13.0 Å². The Morgan fingerprint density at radius 2 is 2.11 bits per heavy atom. The molecule has 0 saturated carbocycles. The molecule has 0 saturated heterocycles. The topological polar surface area (TPSA) is 95.6 Å². The van der Waals surface area contributed by atoms with Gasteiger partial charge in [0.25, 0.3) is 5.91 Å². The molecule has 0 spiro atoms. The van der Waals surface area contributed by atoms with Crippen molar-refractivity contribution in [3.63, 3.8) is 0 Å². The summed E-state index contributed by atoms with van der Waals surface area (Å²) in [6.45, 7) is 2.25. The van der Waals surface area contributed by atoms with E-state index in [1.165, 1.54) is 12.1 Å². The maximum atomic E-state index is 11.5. The van der Waals surface area contributed by atoms with Crippen molar-refractivity contribution in [3.05, 3.63) is 28.9 Å². The molecule has 100 valence electrons. The average Bonchev–Trinajstić information content (AvgIpc) is 2.83. The smallest absolute Gasteiger partial charge is 0.273 e. The Morgan fingerprint density at radius 3 is 2.79 bits per heavy atom.